The van der Waals surface area contributed by atoms with Gasteiger partial charge >= 0.3 is 12.1 Å². The summed E-state index contributed by atoms with van der Waals surface area (Å²) in [5.41, 5.74) is 3.37. The number of carbonyl (C=O) groups excluding carboxylic acids is 1. The van der Waals surface area contributed by atoms with Gasteiger partial charge in [0, 0.05) is 18.1 Å². The van der Waals surface area contributed by atoms with Gasteiger partial charge in [-0.3, -0.25) is 14.9 Å². The summed E-state index contributed by atoms with van der Waals surface area (Å²) in [7, 11) is 0. The number of aliphatic carboxylic acids is 1. The van der Waals surface area contributed by atoms with E-state index in [0.29, 0.717) is 5.56 Å². The van der Waals surface area contributed by atoms with Crippen LogP contribution < -0.4 is 5.32 Å². The SMILES string of the molecule is C[C@H](NC(=O)OCC1c2ccccc2-c2ccc([N+](=O)[O-])cc21)C(=O)O. The molecular formula is C18H16N2O6. The molecule has 0 aliphatic heterocycles. The number of fused-ring (bicyclic) bond motifs is 3. The lowest BCUT2D eigenvalue weighted by Crippen LogP contribution is -2.39. The number of carbonyl (C=O) groups is 2. The number of rotatable bonds is 5. The van der Waals surface area contributed by atoms with E-state index < -0.39 is 23.0 Å². The molecule has 0 aromatic heterocycles. The molecule has 0 fully saturated rings. The smallest absolute Gasteiger partial charge is 0.407 e. The van der Waals surface area contributed by atoms with Gasteiger partial charge in [-0.25, -0.2) is 4.79 Å². The van der Waals surface area contributed by atoms with E-state index >= 15 is 0 Å². The highest BCUT2D eigenvalue weighted by Gasteiger charge is 2.31. The van der Waals surface area contributed by atoms with Gasteiger partial charge in [-0.2, -0.15) is 0 Å². The van der Waals surface area contributed by atoms with Crippen molar-refractivity contribution in [1.82, 2.24) is 5.32 Å². The summed E-state index contributed by atoms with van der Waals surface area (Å²) in [4.78, 5) is 33.2. The number of non-ortho nitro benzene ring substituents is 1. The maximum Gasteiger partial charge on any atom is 0.407 e. The quantitative estimate of drug-likeness (QED) is 0.628. The molecule has 1 unspecified atom stereocenters. The van der Waals surface area contributed by atoms with E-state index in [1.165, 1.54) is 19.1 Å². The number of alkyl carbamates (subject to hydrolysis) is 1. The second-order valence-corrected chi connectivity index (χ2v) is 5.97. The Kier molecular flexibility index (Phi) is 4.57. The number of carboxylic acid groups (broad SMARTS) is 1. The van der Waals surface area contributed by atoms with Crippen LogP contribution in [0.3, 0.4) is 0 Å². The van der Waals surface area contributed by atoms with Gasteiger partial charge in [0.1, 0.15) is 12.6 Å². The van der Waals surface area contributed by atoms with E-state index in [1.807, 2.05) is 24.3 Å². The van der Waals surface area contributed by atoms with Crippen LogP contribution in [-0.4, -0.2) is 34.7 Å². The molecule has 0 bridgehead atoms. The molecule has 0 saturated carbocycles. The first-order chi connectivity index (χ1) is 12.4. The first-order valence-corrected chi connectivity index (χ1v) is 7.92. The maximum atomic E-state index is 11.8. The summed E-state index contributed by atoms with van der Waals surface area (Å²) in [5, 5.41) is 22.1. The maximum absolute atomic E-state index is 11.8. The van der Waals surface area contributed by atoms with Crippen LogP contribution in [0.4, 0.5) is 10.5 Å². The average Bonchev–Trinajstić information content (AvgIpc) is 2.93. The summed E-state index contributed by atoms with van der Waals surface area (Å²) in [5.74, 6) is -1.53. The van der Waals surface area contributed by atoms with Gasteiger partial charge in [0.2, 0.25) is 0 Å². The van der Waals surface area contributed by atoms with Crippen molar-refractivity contribution < 1.29 is 24.4 Å². The fraction of sp³-hybridized carbons (Fsp3) is 0.222. The molecule has 1 amide bonds. The number of amides is 1. The van der Waals surface area contributed by atoms with Crippen molar-refractivity contribution in [3.05, 3.63) is 63.7 Å². The molecule has 2 N–H and O–H groups in total. The van der Waals surface area contributed by atoms with Crippen molar-refractivity contribution in [1.29, 1.82) is 0 Å². The highest BCUT2D eigenvalue weighted by molar-refractivity contribution is 5.81. The van der Waals surface area contributed by atoms with E-state index in [4.69, 9.17) is 9.84 Å². The van der Waals surface area contributed by atoms with Crippen LogP contribution in [0.2, 0.25) is 0 Å². The molecule has 2 aromatic carbocycles. The lowest BCUT2D eigenvalue weighted by molar-refractivity contribution is -0.384. The summed E-state index contributed by atoms with van der Waals surface area (Å²) in [6.45, 7) is 1.27. The van der Waals surface area contributed by atoms with Crippen LogP contribution in [0.15, 0.2) is 42.5 Å². The summed E-state index contributed by atoms with van der Waals surface area (Å²) >= 11 is 0. The first kappa shape index (κ1) is 17.4. The largest absolute Gasteiger partial charge is 0.480 e. The van der Waals surface area contributed by atoms with Gasteiger partial charge in [-0.15, -0.1) is 0 Å². The fourth-order valence-electron chi connectivity index (χ4n) is 3.03. The van der Waals surface area contributed by atoms with Gasteiger partial charge in [0.05, 0.1) is 4.92 Å². The van der Waals surface area contributed by atoms with Gasteiger partial charge in [0.15, 0.2) is 0 Å². The minimum absolute atomic E-state index is 0.0366. The molecule has 3 rings (SSSR count). The zero-order valence-electron chi connectivity index (χ0n) is 13.8. The van der Waals surface area contributed by atoms with E-state index in [1.54, 1.807) is 6.07 Å². The lowest BCUT2D eigenvalue weighted by Gasteiger charge is -2.15. The Morgan fingerprint density at radius 3 is 2.62 bits per heavy atom. The number of ether oxygens (including phenoxy) is 1. The van der Waals surface area contributed by atoms with Crippen molar-refractivity contribution in [3.8, 4) is 11.1 Å². The number of nitrogens with one attached hydrogen (secondary N) is 1. The molecule has 1 aliphatic carbocycles. The minimum Gasteiger partial charge on any atom is -0.480 e. The van der Waals surface area contributed by atoms with Gasteiger partial charge < -0.3 is 15.2 Å². The summed E-state index contributed by atoms with van der Waals surface area (Å²) in [6.07, 6.45) is -0.851. The average molecular weight is 356 g/mol. The Labute approximate surface area is 148 Å². The molecular weight excluding hydrogens is 340 g/mol. The Morgan fingerprint density at radius 2 is 1.92 bits per heavy atom. The molecule has 2 atom stereocenters. The zero-order valence-corrected chi connectivity index (χ0v) is 13.8. The van der Waals surface area contributed by atoms with Crippen molar-refractivity contribution >= 4 is 17.7 Å². The van der Waals surface area contributed by atoms with E-state index in [0.717, 1.165) is 16.7 Å². The van der Waals surface area contributed by atoms with E-state index in [-0.39, 0.29) is 18.2 Å². The first-order valence-electron chi connectivity index (χ1n) is 7.92. The van der Waals surface area contributed by atoms with Crippen LogP contribution in [-0.2, 0) is 9.53 Å². The number of benzene rings is 2. The molecule has 26 heavy (non-hydrogen) atoms. The number of hydrogen-bond donors (Lipinski definition) is 2. The topological polar surface area (TPSA) is 119 Å². The Balaban J connectivity index is 1.85. The van der Waals surface area contributed by atoms with Crippen LogP contribution in [0.25, 0.3) is 11.1 Å². The van der Waals surface area contributed by atoms with Crippen molar-refractivity contribution in [3.63, 3.8) is 0 Å². The second-order valence-electron chi connectivity index (χ2n) is 5.97. The van der Waals surface area contributed by atoms with Crippen LogP contribution in [0.5, 0.6) is 0 Å². The Hall–Kier alpha value is -3.42. The molecule has 2 aromatic rings. The summed E-state index contributed by atoms with van der Waals surface area (Å²) < 4.78 is 5.18. The third kappa shape index (κ3) is 3.21. The normalized spacial score (nSPS) is 15.5. The van der Waals surface area contributed by atoms with Gasteiger partial charge in [-0.05, 0) is 35.2 Å². The van der Waals surface area contributed by atoms with Crippen LogP contribution >= 0.6 is 0 Å². The van der Waals surface area contributed by atoms with Crippen molar-refractivity contribution in [2.75, 3.05) is 6.61 Å². The number of nitro groups is 1. The van der Waals surface area contributed by atoms with Gasteiger partial charge in [-0.1, -0.05) is 24.3 Å². The number of hydrogen-bond acceptors (Lipinski definition) is 5. The number of carboxylic acids is 1. The molecule has 8 nitrogen and oxygen atoms in total. The van der Waals surface area contributed by atoms with Crippen molar-refractivity contribution in [2.45, 2.75) is 18.9 Å². The van der Waals surface area contributed by atoms with Gasteiger partial charge in [0.25, 0.3) is 5.69 Å². The standard InChI is InChI=1S/C18H16N2O6/c1-10(17(21)22)19-18(23)26-9-16-13-5-3-2-4-12(13)14-7-6-11(20(24)25)8-15(14)16/h2-8,10,16H,9H2,1H3,(H,19,23)(H,21,22)/t10-,16?/m0/s1. The zero-order chi connectivity index (χ0) is 18.8. The molecule has 0 spiro atoms. The molecule has 0 heterocycles. The minimum atomic E-state index is -1.17. The highest BCUT2D eigenvalue weighted by atomic mass is 16.6. The lowest BCUT2D eigenvalue weighted by atomic mass is 9.98. The van der Waals surface area contributed by atoms with E-state index in [2.05, 4.69) is 5.32 Å². The molecule has 0 saturated heterocycles. The van der Waals surface area contributed by atoms with Crippen LogP contribution in [0, 0.1) is 10.1 Å². The number of nitrogens with zero attached hydrogens (tertiary/aromatic N) is 1. The molecule has 8 heteroatoms. The summed E-state index contributed by atoms with van der Waals surface area (Å²) in [6, 6.07) is 11.1. The third-order valence-electron chi connectivity index (χ3n) is 4.33. The predicted molar refractivity (Wildman–Crippen MR) is 92.0 cm³/mol. The molecule has 134 valence electrons. The molecule has 1 aliphatic rings. The van der Waals surface area contributed by atoms with Crippen LogP contribution in [0.1, 0.15) is 24.0 Å². The highest BCUT2D eigenvalue weighted by Crippen LogP contribution is 2.45. The Morgan fingerprint density at radius 1 is 1.23 bits per heavy atom. The third-order valence-corrected chi connectivity index (χ3v) is 4.33. The monoisotopic (exact) mass is 356 g/mol. The van der Waals surface area contributed by atoms with Crippen molar-refractivity contribution in [2.24, 2.45) is 0 Å². The molecule has 0 radical (unpaired) electrons. The second kappa shape index (κ2) is 6.83. The number of nitro benzene ring substituents is 1. The fourth-order valence-corrected chi connectivity index (χ4v) is 3.03. The Bertz CT molecular complexity index is 895. The predicted octanol–water partition coefficient (Wildman–Crippen LogP) is 2.91. The van der Waals surface area contributed by atoms with E-state index in [9.17, 15) is 19.7 Å².